The number of nitrogens with one attached hydrogen (secondary N) is 1. The van der Waals surface area contributed by atoms with Crippen LogP contribution in [0.1, 0.15) is 20.8 Å². The number of halogens is 1. The number of rotatable bonds is 7. The lowest BCUT2D eigenvalue weighted by atomic mass is 9.93. The van der Waals surface area contributed by atoms with E-state index in [1.54, 1.807) is 25.4 Å². The second kappa shape index (κ2) is 8.26. The van der Waals surface area contributed by atoms with Crippen molar-refractivity contribution >= 4 is 39.7 Å². The molecular weight excluding hydrogens is 346 g/mol. The highest BCUT2D eigenvalue weighted by Gasteiger charge is 2.27. The maximum Gasteiger partial charge on any atom is 0.250 e. The summed E-state index contributed by atoms with van der Waals surface area (Å²) in [5.41, 5.74) is 5.44. The number of hydrogen-bond donors (Lipinski definition) is 2. The molecule has 1 atom stereocenters. The van der Waals surface area contributed by atoms with Crippen molar-refractivity contribution in [3.8, 4) is 0 Å². The maximum absolute atomic E-state index is 12.2. The second-order valence-electron chi connectivity index (χ2n) is 5.84. The first kappa shape index (κ1) is 21.3. The Bertz CT molecular complexity index is 573. The van der Waals surface area contributed by atoms with Crippen LogP contribution in [0.3, 0.4) is 0 Å². The lowest BCUT2D eigenvalue weighted by Crippen LogP contribution is -2.48. The van der Waals surface area contributed by atoms with Gasteiger partial charge in [0, 0.05) is 13.6 Å². The van der Waals surface area contributed by atoms with E-state index in [0.717, 1.165) is 11.3 Å². The predicted octanol–water partition coefficient (Wildman–Crippen LogP) is 1.28. The summed E-state index contributed by atoms with van der Waals surface area (Å²) in [6.07, 6.45) is 0. The van der Waals surface area contributed by atoms with Crippen LogP contribution in [0.2, 0.25) is 0 Å². The molecule has 0 saturated heterocycles. The molecule has 1 rings (SSSR count). The number of thiophene rings is 1. The second-order valence-corrected chi connectivity index (χ2v) is 8.73. The molecule has 1 aromatic heterocycles. The molecule has 3 N–H and O–H groups in total. The van der Waals surface area contributed by atoms with Crippen molar-refractivity contribution < 1.29 is 13.2 Å². The van der Waals surface area contributed by atoms with Gasteiger partial charge >= 0.3 is 0 Å². The Hall–Kier alpha value is -0.670. The van der Waals surface area contributed by atoms with Gasteiger partial charge in [-0.3, -0.25) is 4.79 Å². The van der Waals surface area contributed by atoms with E-state index in [-0.39, 0.29) is 27.9 Å². The van der Waals surface area contributed by atoms with Gasteiger partial charge in [0.1, 0.15) is 4.21 Å². The highest BCUT2D eigenvalue weighted by Crippen LogP contribution is 2.17. The molecular formula is C13H24ClN3O3S2. The van der Waals surface area contributed by atoms with Gasteiger partial charge in [-0.05, 0) is 30.3 Å². The number of carbonyl (C=O) groups excluding carboxylic acids is 1. The lowest BCUT2D eigenvalue weighted by Gasteiger charge is -2.30. The normalized spacial score (nSPS) is 13.3. The quantitative estimate of drug-likeness (QED) is 0.757. The van der Waals surface area contributed by atoms with Crippen LogP contribution < -0.4 is 10.5 Å². The zero-order valence-corrected chi connectivity index (χ0v) is 15.6. The van der Waals surface area contributed by atoms with E-state index in [1.807, 2.05) is 13.8 Å². The molecule has 0 aliphatic carbocycles. The largest absolute Gasteiger partial charge is 0.344 e. The minimum atomic E-state index is -3.65. The summed E-state index contributed by atoms with van der Waals surface area (Å²) in [7, 11) is -2.00. The van der Waals surface area contributed by atoms with E-state index in [4.69, 9.17) is 5.73 Å². The number of hydrogen-bond acceptors (Lipinski definition) is 5. The van der Waals surface area contributed by atoms with Crippen LogP contribution in [0.4, 0.5) is 0 Å². The smallest absolute Gasteiger partial charge is 0.250 e. The molecule has 0 aliphatic rings. The number of nitrogens with two attached hydrogens (primary N) is 1. The molecule has 0 bridgehead atoms. The van der Waals surface area contributed by atoms with Crippen LogP contribution in [-0.4, -0.2) is 45.4 Å². The molecule has 0 spiro atoms. The van der Waals surface area contributed by atoms with Crippen molar-refractivity contribution in [3.63, 3.8) is 0 Å². The van der Waals surface area contributed by atoms with E-state index in [9.17, 15) is 13.2 Å². The average molecular weight is 370 g/mol. The molecule has 128 valence electrons. The van der Waals surface area contributed by atoms with Crippen molar-refractivity contribution in [1.29, 1.82) is 0 Å². The van der Waals surface area contributed by atoms with Crippen LogP contribution in [0.15, 0.2) is 21.7 Å². The van der Waals surface area contributed by atoms with Crippen molar-refractivity contribution in [2.75, 3.05) is 20.1 Å². The molecule has 9 heteroatoms. The number of likely N-dealkylation sites (N-methyl/N-ethyl adjacent to an activating group) is 1. The Morgan fingerprint density at radius 3 is 2.55 bits per heavy atom. The monoisotopic (exact) mass is 369 g/mol. The molecule has 0 radical (unpaired) electrons. The molecule has 22 heavy (non-hydrogen) atoms. The Morgan fingerprint density at radius 2 is 2.09 bits per heavy atom. The minimum absolute atomic E-state index is 0. The van der Waals surface area contributed by atoms with Crippen LogP contribution in [-0.2, 0) is 14.8 Å². The molecule has 0 fully saturated rings. The van der Waals surface area contributed by atoms with Gasteiger partial charge in [-0.2, -0.15) is 4.72 Å². The first-order chi connectivity index (χ1) is 9.59. The molecule has 1 heterocycles. The number of nitrogens with zero attached hydrogens (tertiary/aromatic N) is 1. The highest BCUT2D eigenvalue weighted by atomic mass is 35.5. The average Bonchev–Trinajstić information content (AvgIpc) is 2.91. The van der Waals surface area contributed by atoms with E-state index in [0.29, 0.717) is 13.1 Å². The third kappa shape index (κ3) is 5.85. The van der Waals surface area contributed by atoms with Crippen LogP contribution in [0.25, 0.3) is 0 Å². The van der Waals surface area contributed by atoms with Crippen LogP contribution in [0.5, 0.6) is 0 Å². The fraction of sp³-hybridized carbons (Fsp3) is 0.615. The van der Waals surface area contributed by atoms with Gasteiger partial charge < -0.3 is 10.6 Å². The summed E-state index contributed by atoms with van der Waals surface area (Å²) in [5, 5.41) is 1.68. The topological polar surface area (TPSA) is 92.5 Å². The Kier molecular flexibility index (Phi) is 8.01. The summed E-state index contributed by atoms with van der Waals surface area (Å²) < 4.78 is 26.8. The first-order valence-corrected chi connectivity index (χ1v) is 8.96. The molecule has 1 amide bonds. The van der Waals surface area contributed by atoms with Crippen molar-refractivity contribution in [2.24, 2.45) is 11.1 Å². The van der Waals surface area contributed by atoms with Gasteiger partial charge in [0.2, 0.25) is 5.91 Å². The maximum atomic E-state index is 12.2. The number of carbonyl (C=O) groups is 1. The summed E-state index contributed by atoms with van der Waals surface area (Å²) >= 11 is 1.11. The Balaban J connectivity index is 0.00000441. The van der Waals surface area contributed by atoms with Crippen LogP contribution in [0, 0.1) is 5.41 Å². The van der Waals surface area contributed by atoms with Gasteiger partial charge in [0.05, 0.1) is 6.04 Å². The van der Waals surface area contributed by atoms with Gasteiger partial charge in [-0.15, -0.1) is 23.7 Å². The molecule has 0 saturated carbocycles. The van der Waals surface area contributed by atoms with E-state index >= 15 is 0 Å². The van der Waals surface area contributed by atoms with Gasteiger partial charge in [0.15, 0.2) is 0 Å². The van der Waals surface area contributed by atoms with E-state index in [2.05, 4.69) is 4.72 Å². The molecule has 6 nitrogen and oxygen atoms in total. The summed E-state index contributed by atoms with van der Waals surface area (Å²) in [6.45, 7) is 6.36. The van der Waals surface area contributed by atoms with Crippen LogP contribution >= 0.6 is 23.7 Å². The summed E-state index contributed by atoms with van der Waals surface area (Å²) in [6, 6.07) is 2.34. The van der Waals surface area contributed by atoms with Gasteiger partial charge in [0.25, 0.3) is 10.0 Å². The summed E-state index contributed by atoms with van der Waals surface area (Å²) in [4.78, 5) is 13.8. The number of sulfonamides is 1. The minimum Gasteiger partial charge on any atom is -0.344 e. The number of amides is 1. The fourth-order valence-corrected chi connectivity index (χ4v) is 4.08. The van der Waals surface area contributed by atoms with Gasteiger partial charge in [-0.25, -0.2) is 8.42 Å². The third-order valence-corrected chi connectivity index (χ3v) is 5.99. The lowest BCUT2D eigenvalue weighted by molar-refractivity contribution is -0.132. The SMILES string of the molecule is CC(NS(=O)(=O)c1cccs1)C(=O)N(C)CC(C)(C)CN.Cl. The van der Waals surface area contributed by atoms with E-state index in [1.165, 1.54) is 11.0 Å². The van der Waals surface area contributed by atoms with Crippen molar-refractivity contribution in [2.45, 2.75) is 31.0 Å². The molecule has 0 aliphatic heterocycles. The van der Waals surface area contributed by atoms with Crippen molar-refractivity contribution in [3.05, 3.63) is 17.5 Å². The fourth-order valence-electron chi connectivity index (χ4n) is 1.87. The standard InChI is InChI=1S/C13H23N3O3S2.ClH/c1-10(12(17)16(4)9-13(2,3)8-14)15-21(18,19)11-6-5-7-20-11;/h5-7,10,15H,8-9,14H2,1-4H3;1H. The predicted molar refractivity (Wildman–Crippen MR) is 91.8 cm³/mol. The van der Waals surface area contributed by atoms with E-state index < -0.39 is 16.1 Å². The first-order valence-electron chi connectivity index (χ1n) is 6.60. The Labute approximate surface area is 142 Å². The summed E-state index contributed by atoms with van der Waals surface area (Å²) in [5.74, 6) is -0.281. The third-order valence-electron chi connectivity index (χ3n) is 3.06. The van der Waals surface area contributed by atoms with Crippen molar-refractivity contribution in [1.82, 2.24) is 9.62 Å². The Morgan fingerprint density at radius 1 is 1.50 bits per heavy atom. The molecule has 1 unspecified atom stereocenters. The zero-order valence-electron chi connectivity index (χ0n) is 13.2. The zero-order chi connectivity index (χ0) is 16.3. The highest BCUT2D eigenvalue weighted by molar-refractivity contribution is 7.91. The van der Waals surface area contributed by atoms with Gasteiger partial charge in [-0.1, -0.05) is 19.9 Å². The molecule has 1 aromatic rings. The molecule has 0 aromatic carbocycles.